The molecule has 150 valence electrons. The fourth-order valence-electron chi connectivity index (χ4n) is 4.31. The molecule has 0 bridgehead atoms. The van der Waals surface area contributed by atoms with Crippen molar-refractivity contribution in [1.82, 2.24) is 9.97 Å². The molecular weight excluding hydrogens is 376 g/mol. The molecule has 1 N–H and O–H groups in total. The molecule has 0 spiro atoms. The average molecular weight is 398 g/mol. The van der Waals surface area contributed by atoms with E-state index in [0.29, 0.717) is 35.3 Å². The van der Waals surface area contributed by atoms with E-state index < -0.39 is 0 Å². The summed E-state index contributed by atoms with van der Waals surface area (Å²) >= 11 is 0. The number of aromatic nitrogens is 2. The van der Waals surface area contributed by atoms with Crippen LogP contribution >= 0.6 is 0 Å². The van der Waals surface area contributed by atoms with Crippen molar-refractivity contribution < 1.29 is 4.74 Å². The van der Waals surface area contributed by atoms with E-state index in [4.69, 9.17) is 14.7 Å². The third-order valence-electron chi connectivity index (χ3n) is 5.73. The Morgan fingerprint density at radius 1 is 1.17 bits per heavy atom. The summed E-state index contributed by atoms with van der Waals surface area (Å²) in [7, 11) is 0. The molecule has 0 saturated heterocycles. The number of hydrogen-bond acceptors (Lipinski definition) is 7. The third kappa shape index (κ3) is 2.68. The minimum atomic E-state index is -0.133. The molecule has 2 aromatic heterocycles. The van der Waals surface area contributed by atoms with E-state index in [9.17, 15) is 5.26 Å². The fourth-order valence-corrected chi connectivity index (χ4v) is 4.31. The molecule has 1 aromatic carbocycles. The zero-order chi connectivity index (χ0) is 20.8. The van der Waals surface area contributed by atoms with Gasteiger partial charge in [-0.2, -0.15) is 10.2 Å². The predicted octanol–water partition coefficient (Wildman–Crippen LogP) is 4.50. The van der Waals surface area contributed by atoms with E-state index in [0.717, 1.165) is 40.8 Å². The highest BCUT2D eigenvalue weighted by Gasteiger charge is 2.33. The van der Waals surface area contributed by atoms with Gasteiger partial charge < -0.3 is 15.0 Å². The van der Waals surface area contributed by atoms with Crippen molar-refractivity contribution in [3.05, 3.63) is 47.0 Å². The van der Waals surface area contributed by atoms with E-state index >= 15 is 0 Å². The molecule has 5 rings (SSSR count). The van der Waals surface area contributed by atoms with Crippen molar-refractivity contribution in [2.45, 2.75) is 33.3 Å². The third-order valence-corrected chi connectivity index (χ3v) is 5.73. The Morgan fingerprint density at radius 3 is 2.63 bits per heavy atom. The standard InChI is InChI=1S/C23H22N6O/c1-4-29(5-2)22-16(12-24)18-15-11-17(14-9-7-6-8-10-14)30-23(15)28-21-19(18)20(27-22)25-13(3)26-21/h6-10,17H,4-5,11H2,1-3H3,(H,25,26,27,28). The molecule has 7 nitrogen and oxygen atoms in total. The van der Waals surface area contributed by atoms with Gasteiger partial charge >= 0.3 is 0 Å². The van der Waals surface area contributed by atoms with Crippen LogP contribution in [0.2, 0.25) is 0 Å². The first-order valence-corrected chi connectivity index (χ1v) is 10.2. The van der Waals surface area contributed by atoms with Crippen molar-refractivity contribution in [3.8, 4) is 11.9 Å². The largest absolute Gasteiger partial charge is 0.469 e. The number of rotatable bonds is 4. The molecule has 2 aliphatic rings. The number of nitrogens with zero attached hydrogens (tertiary/aromatic N) is 5. The Labute approximate surface area is 175 Å². The normalized spacial score (nSPS) is 16.3. The smallest absolute Gasteiger partial charge is 0.220 e. The Bertz CT molecular complexity index is 1220. The zero-order valence-electron chi connectivity index (χ0n) is 17.2. The fraction of sp³-hybridized carbons (Fsp3) is 0.304. The van der Waals surface area contributed by atoms with Crippen LogP contribution in [-0.4, -0.2) is 28.9 Å². The first-order chi connectivity index (χ1) is 14.6. The van der Waals surface area contributed by atoms with Gasteiger partial charge in [-0.3, -0.25) is 0 Å². The summed E-state index contributed by atoms with van der Waals surface area (Å²) in [5.41, 5.74) is 2.61. The summed E-state index contributed by atoms with van der Waals surface area (Å²) in [6, 6.07) is 12.5. The second kappa shape index (κ2) is 6.99. The lowest BCUT2D eigenvalue weighted by Gasteiger charge is -2.25. The van der Waals surface area contributed by atoms with Crippen LogP contribution in [-0.2, 0) is 6.42 Å². The lowest BCUT2D eigenvalue weighted by Crippen LogP contribution is -2.25. The Morgan fingerprint density at radius 2 is 1.93 bits per heavy atom. The Hall–Kier alpha value is -3.66. The van der Waals surface area contributed by atoms with Gasteiger partial charge in [0.15, 0.2) is 5.82 Å². The molecule has 0 amide bonds. The van der Waals surface area contributed by atoms with Crippen LogP contribution in [0.1, 0.15) is 43.6 Å². The molecule has 0 fully saturated rings. The van der Waals surface area contributed by atoms with Crippen molar-refractivity contribution in [2.75, 3.05) is 23.3 Å². The van der Waals surface area contributed by atoms with Crippen LogP contribution in [0, 0.1) is 11.3 Å². The number of nitriles is 1. The van der Waals surface area contributed by atoms with Crippen molar-refractivity contribution in [2.24, 2.45) is 4.99 Å². The minimum Gasteiger partial charge on any atom is -0.469 e. The van der Waals surface area contributed by atoms with Gasteiger partial charge in [0.2, 0.25) is 5.88 Å². The van der Waals surface area contributed by atoms with Gasteiger partial charge in [-0.15, -0.1) is 0 Å². The number of anilines is 2. The first-order valence-electron chi connectivity index (χ1n) is 10.2. The molecular formula is C23H22N6O. The molecule has 30 heavy (non-hydrogen) atoms. The van der Waals surface area contributed by atoms with Crippen LogP contribution in [0.5, 0.6) is 5.88 Å². The number of amidine groups is 1. The highest BCUT2D eigenvalue weighted by Crippen LogP contribution is 2.47. The molecule has 0 aliphatic carbocycles. The molecule has 0 saturated carbocycles. The number of benzene rings is 1. The van der Waals surface area contributed by atoms with Crippen molar-refractivity contribution in [3.63, 3.8) is 0 Å². The monoisotopic (exact) mass is 398 g/mol. The second-order valence-electron chi connectivity index (χ2n) is 7.46. The summed E-state index contributed by atoms with van der Waals surface area (Å²) < 4.78 is 6.25. The maximum atomic E-state index is 10.2. The van der Waals surface area contributed by atoms with Gasteiger partial charge in [0.05, 0.1) is 5.39 Å². The van der Waals surface area contributed by atoms with E-state index in [1.807, 2.05) is 25.1 Å². The average Bonchev–Trinajstić information content (AvgIpc) is 3.19. The van der Waals surface area contributed by atoms with Crippen LogP contribution in [0.4, 0.5) is 17.5 Å². The topological polar surface area (TPSA) is 86.4 Å². The summed E-state index contributed by atoms with van der Waals surface area (Å²) in [4.78, 5) is 16.2. The number of nitrogens with one attached hydrogen (secondary N) is 1. The van der Waals surface area contributed by atoms with Gasteiger partial charge in [-0.1, -0.05) is 30.3 Å². The van der Waals surface area contributed by atoms with Crippen LogP contribution in [0.25, 0.3) is 10.8 Å². The summed E-state index contributed by atoms with van der Waals surface area (Å²) in [6.45, 7) is 7.55. The molecule has 1 atom stereocenters. The minimum absolute atomic E-state index is 0.133. The maximum Gasteiger partial charge on any atom is 0.220 e. The quantitative estimate of drug-likeness (QED) is 0.696. The molecule has 1 unspecified atom stereocenters. The lowest BCUT2D eigenvalue weighted by atomic mass is 9.96. The zero-order valence-corrected chi connectivity index (χ0v) is 17.2. The van der Waals surface area contributed by atoms with Crippen LogP contribution < -0.4 is 15.0 Å². The lowest BCUT2D eigenvalue weighted by molar-refractivity contribution is 0.231. The first kappa shape index (κ1) is 18.4. The van der Waals surface area contributed by atoms with Gasteiger partial charge in [-0.25, -0.2) is 9.98 Å². The summed E-state index contributed by atoms with van der Waals surface area (Å²) in [6.07, 6.45) is 0.521. The molecule has 3 aromatic rings. The van der Waals surface area contributed by atoms with Crippen molar-refractivity contribution in [1.29, 1.82) is 5.26 Å². The van der Waals surface area contributed by atoms with E-state index in [-0.39, 0.29) is 6.10 Å². The summed E-state index contributed by atoms with van der Waals surface area (Å²) in [5, 5.41) is 15.1. The summed E-state index contributed by atoms with van der Waals surface area (Å²) in [5.74, 6) is 3.22. The van der Waals surface area contributed by atoms with Gasteiger partial charge in [-0.05, 0) is 26.3 Å². The molecule has 2 aliphatic heterocycles. The molecule has 0 radical (unpaired) electrons. The van der Waals surface area contributed by atoms with E-state index in [1.165, 1.54) is 0 Å². The van der Waals surface area contributed by atoms with E-state index in [1.54, 1.807) is 0 Å². The van der Waals surface area contributed by atoms with Crippen molar-refractivity contribution >= 4 is 34.1 Å². The molecule has 7 heteroatoms. The SMILES string of the molecule is CCN(CC)c1nc2c3c(nc4c(c3c1C#N)CC(c1ccccc1)O4)N=C(C)N2. The highest BCUT2D eigenvalue weighted by molar-refractivity contribution is 6.14. The van der Waals surface area contributed by atoms with Gasteiger partial charge in [0.25, 0.3) is 0 Å². The maximum absolute atomic E-state index is 10.2. The van der Waals surface area contributed by atoms with Gasteiger partial charge in [0.1, 0.15) is 35.2 Å². The number of fused-ring (bicyclic) bond motifs is 2. The van der Waals surface area contributed by atoms with Crippen LogP contribution in [0.3, 0.4) is 0 Å². The Balaban J connectivity index is 1.80. The number of aliphatic imine (C=N–C) groups is 1. The predicted molar refractivity (Wildman–Crippen MR) is 118 cm³/mol. The number of pyridine rings is 2. The molecule has 4 heterocycles. The number of ether oxygens (including phenoxy) is 1. The second-order valence-corrected chi connectivity index (χ2v) is 7.46. The Kier molecular flexibility index (Phi) is 4.28. The highest BCUT2D eigenvalue weighted by atomic mass is 16.5. The van der Waals surface area contributed by atoms with Gasteiger partial charge in [0, 0.05) is 30.5 Å². The van der Waals surface area contributed by atoms with E-state index in [2.05, 4.69) is 47.3 Å². The number of hydrogen-bond donors (Lipinski definition) is 1. The van der Waals surface area contributed by atoms with Crippen LogP contribution in [0.15, 0.2) is 35.3 Å².